The number of amides is 1. The number of fused-ring (bicyclic) bond motifs is 1. The summed E-state index contributed by atoms with van der Waals surface area (Å²) in [5.74, 6) is 0.482. The van der Waals surface area contributed by atoms with Crippen molar-refractivity contribution < 1.29 is 9.53 Å². The van der Waals surface area contributed by atoms with Gasteiger partial charge in [0.05, 0.1) is 22.4 Å². The highest BCUT2D eigenvalue weighted by Crippen LogP contribution is 2.33. The molecule has 0 radical (unpaired) electrons. The summed E-state index contributed by atoms with van der Waals surface area (Å²) in [5, 5.41) is 3.04. The van der Waals surface area contributed by atoms with E-state index in [0.717, 1.165) is 53.9 Å². The zero-order valence-corrected chi connectivity index (χ0v) is 18.5. The fourth-order valence-electron chi connectivity index (χ4n) is 4.33. The van der Waals surface area contributed by atoms with Gasteiger partial charge in [0.25, 0.3) is 5.91 Å². The number of para-hydroxylation sites is 1. The summed E-state index contributed by atoms with van der Waals surface area (Å²) in [5.41, 5.74) is 4.41. The van der Waals surface area contributed by atoms with Gasteiger partial charge in [0.1, 0.15) is 5.75 Å². The molecule has 2 heterocycles. The van der Waals surface area contributed by atoms with Gasteiger partial charge in [0.15, 0.2) is 6.61 Å². The van der Waals surface area contributed by atoms with Crippen molar-refractivity contribution in [2.24, 2.45) is 0 Å². The van der Waals surface area contributed by atoms with E-state index < -0.39 is 0 Å². The lowest BCUT2D eigenvalue weighted by atomic mass is 10.2. The largest absolute Gasteiger partial charge is 0.483 e. The number of hydrogen-bond donors (Lipinski definition) is 1. The van der Waals surface area contributed by atoms with E-state index in [1.807, 2.05) is 51.1 Å². The van der Waals surface area contributed by atoms with Crippen molar-refractivity contribution >= 4 is 28.3 Å². The lowest BCUT2D eigenvalue weighted by molar-refractivity contribution is -0.118. The first-order valence-electron chi connectivity index (χ1n) is 11.0. The molecule has 0 bridgehead atoms. The minimum Gasteiger partial charge on any atom is -0.483 e. The van der Waals surface area contributed by atoms with Gasteiger partial charge < -0.3 is 15.0 Å². The van der Waals surface area contributed by atoms with Crippen LogP contribution in [0.2, 0.25) is 0 Å². The molecule has 1 aliphatic heterocycles. The average Bonchev–Trinajstić information content (AvgIpc) is 3.38. The standard InChI is InChI=1S/C24H30N4O3/c1-4-27-20-14-18(25-23(29)16-31-22-11-7-6-10-17(22)3)19(26-12-8-9-13-26)15-21(20)28(5-2)24(27)30/h6-7,10-11,14-15H,4-5,8-9,12-13,16H2,1-3H3,(H,25,29). The molecule has 2 aromatic carbocycles. The number of anilines is 2. The molecule has 0 atom stereocenters. The van der Waals surface area contributed by atoms with Gasteiger partial charge in [-0.1, -0.05) is 18.2 Å². The highest BCUT2D eigenvalue weighted by molar-refractivity contribution is 5.99. The van der Waals surface area contributed by atoms with E-state index in [9.17, 15) is 9.59 Å². The van der Waals surface area contributed by atoms with Crippen LogP contribution in [0.1, 0.15) is 32.3 Å². The molecule has 0 aliphatic carbocycles. The topological polar surface area (TPSA) is 68.5 Å². The van der Waals surface area contributed by atoms with Crippen LogP contribution < -0.4 is 20.6 Å². The number of benzene rings is 2. The Bertz CT molecular complexity index is 1160. The normalized spacial score (nSPS) is 13.7. The van der Waals surface area contributed by atoms with Gasteiger partial charge in [-0.05, 0) is 57.4 Å². The molecular weight excluding hydrogens is 392 g/mol. The molecule has 7 nitrogen and oxygen atoms in total. The minimum absolute atomic E-state index is 0.0151. The molecule has 164 valence electrons. The smallest absolute Gasteiger partial charge is 0.329 e. The maximum atomic E-state index is 12.8. The van der Waals surface area contributed by atoms with E-state index in [0.29, 0.717) is 18.8 Å². The minimum atomic E-state index is -0.219. The highest BCUT2D eigenvalue weighted by atomic mass is 16.5. The summed E-state index contributed by atoms with van der Waals surface area (Å²) in [6.07, 6.45) is 2.25. The van der Waals surface area contributed by atoms with Crippen molar-refractivity contribution in [2.75, 3.05) is 29.9 Å². The van der Waals surface area contributed by atoms with Crippen LogP contribution in [0.15, 0.2) is 41.2 Å². The molecule has 0 unspecified atom stereocenters. The Labute approximate surface area is 182 Å². The Kier molecular flexibility index (Phi) is 6.02. The van der Waals surface area contributed by atoms with E-state index in [2.05, 4.69) is 16.3 Å². The number of carbonyl (C=O) groups is 1. The molecular formula is C24H30N4O3. The summed E-state index contributed by atoms with van der Waals surface area (Å²) in [6, 6.07) is 11.6. The van der Waals surface area contributed by atoms with E-state index in [4.69, 9.17) is 4.74 Å². The lowest BCUT2D eigenvalue weighted by Gasteiger charge is -2.22. The number of hydrogen-bond acceptors (Lipinski definition) is 4. The molecule has 31 heavy (non-hydrogen) atoms. The van der Waals surface area contributed by atoms with Crippen molar-refractivity contribution in [3.8, 4) is 5.75 Å². The van der Waals surface area contributed by atoms with E-state index in [-0.39, 0.29) is 18.2 Å². The van der Waals surface area contributed by atoms with Gasteiger partial charge in [-0.3, -0.25) is 13.9 Å². The molecule has 1 fully saturated rings. The maximum Gasteiger partial charge on any atom is 0.329 e. The van der Waals surface area contributed by atoms with Gasteiger partial charge in [0, 0.05) is 26.2 Å². The lowest BCUT2D eigenvalue weighted by Crippen LogP contribution is -2.24. The number of ether oxygens (including phenoxy) is 1. The zero-order chi connectivity index (χ0) is 22.0. The number of imidazole rings is 1. The molecule has 1 saturated heterocycles. The SMILES string of the molecule is CCn1c(=O)n(CC)c2cc(N3CCCC3)c(NC(=O)COc3ccccc3C)cc21. The van der Waals surface area contributed by atoms with Gasteiger partial charge in [0.2, 0.25) is 0 Å². The van der Waals surface area contributed by atoms with Crippen LogP contribution in [0, 0.1) is 6.92 Å². The van der Waals surface area contributed by atoms with Crippen molar-refractivity contribution in [3.63, 3.8) is 0 Å². The molecule has 1 aromatic heterocycles. The van der Waals surface area contributed by atoms with E-state index in [1.165, 1.54) is 0 Å². The predicted molar refractivity (Wildman–Crippen MR) is 124 cm³/mol. The van der Waals surface area contributed by atoms with Crippen LogP contribution >= 0.6 is 0 Å². The molecule has 1 N–H and O–H groups in total. The summed E-state index contributed by atoms with van der Waals surface area (Å²) in [7, 11) is 0. The number of rotatable bonds is 7. The summed E-state index contributed by atoms with van der Waals surface area (Å²) < 4.78 is 9.28. The molecule has 3 aromatic rings. The second-order valence-electron chi connectivity index (χ2n) is 7.93. The van der Waals surface area contributed by atoms with Crippen LogP contribution in [0.25, 0.3) is 11.0 Å². The predicted octanol–water partition coefficient (Wildman–Crippen LogP) is 3.77. The Balaban J connectivity index is 1.67. The van der Waals surface area contributed by atoms with E-state index in [1.54, 1.807) is 9.13 Å². The van der Waals surface area contributed by atoms with Gasteiger partial charge in [-0.25, -0.2) is 4.79 Å². The van der Waals surface area contributed by atoms with Gasteiger partial charge in [-0.2, -0.15) is 0 Å². The highest BCUT2D eigenvalue weighted by Gasteiger charge is 2.21. The maximum absolute atomic E-state index is 12.8. The van der Waals surface area contributed by atoms with Crippen LogP contribution in [0.3, 0.4) is 0 Å². The Hall–Kier alpha value is -3.22. The molecule has 1 aliphatic rings. The van der Waals surface area contributed by atoms with Crippen LogP contribution in [0.4, 0.5) is 11.4 Å². The van der Waals surface area contributed by atoms with Crippen LogP contribution in [-0.2, 0) is 17.9 Å². The fourth-order valence-corrected chi connectivity index (χ4v) is 4.33. The first kappa shape index (κ1) is 21.0. The second-order valence-corrected chi connectivity index (χ2v) is 7.93. The summed E-state index contributed by atoms with van der Waals surface area (Å²) in [6.45, 7) is 8.90. The summed E-state index contributed by atoms with van der Waals surface area (Å²) >= 11 is 0. The first-order valence-corrected chi connectivity index (χ1v) is 11.0. The quantitative estimate of drug-likeness (QED) is 0.629. The fraction of sp³-hybridized carbons (Fsp3) is 0.417. The van der Waals surface area contributed by atoms with Crippen LogP contribution in [-0.4, -0.2) is 34.7 Å². The number of aromatic nitrogens is 2. The third-order valence-corrected chi connectivity index (χ3v) is 5.94. The summed E-state index contributed by atoms with van der Waals surface area (Å²) in [4.78, 5) is 27.9. The second kappa shape index (κ2) is 8.88. The zero-order valence-electron chi connectivity index (χ0n) is 18.5. The number of carbonyl (C=O) groups excluding carboxylic acids is 1. The Morgan fingerprint density at radius 1 is 1.03 bits per heavy atom. The Morgan fingerprint density at radius 3 is 2.32 bits per heavy atom. The monoisotopic (exact) mass is 422 g/mol. The Morgan fingerprint density at radius 2 is 1.68 bits per heavy atom. The molecule has 1 amide bonds. The third kappa shape index (κ3) is 4.04. The van der Waals surface area contributed by atoms with Crippen molar-refractivity contribution in [2.45, 2.75) is 46.7 Å². The molecule has 0 saturated carbocycles. The van der Waals surface area contributed by atoms with Crippen molar-refractivity contribution in [3.05, 3.63) is 52.4 Å². The molecule has 4 rings (SSSR count). The number of nitrogens with zero attached hydrogens (tertiary/aromatic N) is 3. The van der Waals surface area contributed by atoms with Crippen LogP contribution in [0.5, 0.6) is 5.75 Å². The number of aryl methyl sites for hydroxylation is 3. The van der Waals surface area contributed by atoms with Crippen molar-refractivity contribution in [1.29, 1.82) is 0 Å². The molecule has 0 spiro atoms. The van der Waals surface area contributed by atoms with E-state index >= 15 is 0 Å². The van der Waals surface area contributed by atoms with Crippen molar-refractivity contribution in [1.82, 2.24) is 9.13 Å². The molecule has 7 heteroatoms. The van der Waals surface area contributed by atoms with Gasteiger partial charge in [-0.15, -0.1) is 0 Å². The third-order valence-electron chi connectivity index (χ3n) is 5.94. The average molecular weight is 423 g/mol. The first-order chi connectivity index (χ1) is 15.0. The number of nitrogens with one attached hydrogen (secondary N) is 1. The van der Waals surface area contributed by atoms with Gasteiger partial charge >= 0.3 is 5.69 Å².